The van der Waals surface area contributed by atoms with Gasteiger partial charge in [0, 0.05) is 13.1 Å². The second-order valence-electron chi connectivity index (χ2n) is 3.13. The topological polar surface area (TPSA) is 57.6 Å². The van der Waals surface area contributed by atoms with Gasteiger partial charge in [-0.3, -0.25) is 4.79 Å². The van der Waals surface area contributed by atoms with E-state index in [1.54, 1.807) is 0 Å². The first-order valence-corrected chi connectivity index (χ1v) is 4.34. The molecule has 0 aromatic heterocycles. The van der Waals surface area contributed by atoms with E-state index >= 15 is 0 Å². The molecule has 0 aromatic carbocycles. The molecule has 1 saturated heterocycles. The van der Waals surface area contributed by atoms with E-state index in [0.29, 0.717) is 19.0 Å². The van der Waals surface area contributed by atoms with Crippen LogP contribution in [0.1, 0.15) is 12.8 Å². The van der Waals surface area contributed by atoms with Gasteiger partial charge >= 0.3 is 6.09 Å². The number of allylic oxidation sites excluding steroid dienone is 2. The molecule has 13 heavy (non-hydrogen) atoms. The summed E-state index contributed by atoms with van der Waals surface area (Å²) in [6.07, 6.45) is 4.88. The molecule has 1 amide bonds. The van der Waals surface area contributed by atoms with Crippen LogP contribution in [-0.2, 0) is 4.79 Å². The fourth-order valence-electron chi connectivity index (χ4n) is 1.49. The summed E-state index contributed by atoms with van der Waals surface area (Å²) in [5.74, 6) is 0.362. The molecular weight excluding hydrogens is 170 g/mol. The molecule has 1 fully saturated rings. The molecule has 0 unspecified atom stereocenters. The van der Waals surface area contributed by atoms with Gasteiger partial charge in [0.15, 0.2) is 0 Å². The standard InChI is InChI=1S/C9H13NO3/c11-7-1-2-8-3-5-10(6-4-8)9(12)13/h1-2,7-8H,3-6H2,(H,12,13). The number of aldehydes is 1. The summed E-state index contributed by atoms with van der Waals surface area (Å²) in [4.78, 5) is 22.0. The first kappa shape index (κ1) is 9.77. The van der Waals surface area contributed by atoms with Gasteiger partial charge in [-0.1, -0.05) is 6.08 Å². The number of nitrogens with zero attached hydrogens (tertiary/aromatic N) is 1. The lowest BCUT2D eigenvalue weighted by Gasteiger charge is -2.28. The maximum atomic E-state index is 10.5. The van der Waals surface area contributed by atoms with Crippen molar-refractivity contribution in [2.75, 3.05) is 13.1 Å². The van der Waals surface area contributed by atoms with Crippen molar-refractivity contribution in [2.24, 2.45) is 5.92 Å². The molecule has 0 radical (unpaired) electrons. The molecule has 1 aliphatic rings. The number of carbonyl (C=O) groups is 2. The second-order valence-corrected chi connectivity index (χ2v) is 3.13. The predicted octanol–water partition coefficient (Wildman–Crippen LogP) is 1.13. The van der Waals surface area contributed by atoms with Gasteiger partial charge < -0.3 is 10.0 Å². The molecule has 0 atom stereocenters. The Morgan fingerprint density at radius 3 is 2.46 bits per heavy atom. The molecule has 0 bridgehead atoms. The van der Waals surface area contributed by atoms with E-state index in [4.69, 9.17) is 5.11 Å². The SMILES string of the molecule is O=CC=CC1CCN(C(=O)O)CC1. The minimum absolute atomic E-state index is 0.362. The van der Waals surface area contributed by atoms with Crippen molar-refractivity contribution in [2.45, 2.75) is 12.8 Å². The Morgan fingerprint density at radius 1 is 1.38 bits per heavy atom. The van der Waals surface area contributed by atoms with E-state index in [1.807, 2.05) is 6.08 Å². The van der Waals surface area contributed by atoms with Crippen LogP contribution in [0.25, 0.3) is 0 Å². The third-order valence-electron chi connectivity index (χ3n) is 2.27. The number of likely N-dealkylation sites (tertiary alicyclic amines) is 1. The minimum atomic E-state index is -0.849. The van der Waals surface area contributed by atoms with E-state index in [2.05, 4.69) is 0 Å². The second kappa shape index (κ2) is 4.64. The normalized spacial score (nSPS) is 19.2. The Labute approximate surface area is 76.8 Å². The summed E-state index contributed by atoms with van der Waals surface area (Å²) in [6, 6.07) is 0. The zero-order valence-corrected chi connectivity index (χ0v) is 7.35. The Kier molecular flexibility index (Phi) is 3.49. The van der Waals surface area contributed by atoms with E-state index in [1.165, 1.54) is 11.0 Å². The van der Waals surface area contributed by atoms with Crippen LogP contribution >= 0.6 is 0 Å². The van der Waals surface area contributed by atoms with Crippen LogP contribution < -0.4 is 0 Å². The summed E-state index contributed by atoms with van der Waals surface area (Å²) in [6.45, 7) is 1.15. The Bertz CT molecular complexity index is 217. The summed E-state index contributed by atoms with van der Waals surface area (Å²) in [5, 5.41) is 8.65. The van der Waals surface area contributed by atoms with Crippen molar-refractivity contribution in [3.8, 4) is 0 Å². The molecule has 0 aromatic rings. The monoisotopic (exact) mass is 183 g/mol. The highest BCUT2D eigenvalue weighted by molar-refractivity contribution is 5.65. The van der Waals surface area contributed by atoms with Gasteiger partial charge in [0.2, 0.25) is 0 Å². The maximum absolute atomic E-state index is 10.5. The maximum Gasteiger partial charge on any atom is 0.407 e. The van der Waals surface area contributed by atoms with Gasteiger partial charge in [-0.25, -0.2) is 4.79 Å². The van der Waals surface area contributed by atoms with Gasteiger partial charge in [-0.2, -0.15) is 0 Å². The molecule has 0 aliphatic carbocycles. The number of carboxylic acid groups (broad SMARTS) is 1. The molecule has 1 aliphatic heterocycles. The number of hydrogen-bond acceptors (Lipinski definition) is 2. The molecular formula is C9H13NO3. The lowest BCUT2D eigenvalue weighted by Crippen LogP contribution is -2.36. The molecule has 1 rings (SSSR count). The van der Waals surface area contributed by atoms with Crippen LogP contribution in [0.3, 0.4) is 0 Å². The van der Waals surface area contributed by atoms with Crippen molar-refractivity contribution in [3.05, 3.63) is 12.2 Å². The smallest absolute Gasteiger partial charge is 0.407 e. The van der Waals surface area contributed by atoms with Gasteiger partial charge in [0.05, 0.1) is 0 Å². The zero-order chi connectivity index (χ0) is 9.68. The number of carbonyl (C=O) groups excluding carboxylic acids is 1. The summed E-state index contributed by atoms with van der Waals surface area (Å²) >= 11 is 0. The number of rotatable bonds is 2. The molecule has 0 spiro atoms. The van der Waals surface area contributed by atoms with Crippen molar-refractivity contribution >= 4 is 12.4 Å². The number of hydrogen-bond donors (Lipinski definition) is 1. The van der Waals surface area contributed by atoms with Crippen molar-refractivity contribution in [1.29, 1.82) is 0 Å². The van der Waals surface area contributed by atoms with Gasteiger partial charge in [0.1, 0.15) is 6.29 Å². The average molecular weight is 183 g/mol. The third kappa shape index (κ3) is 2.89. The van der Waals surface area contributed by atoms with Crippen LogP contribution in [-0.4, -0.2) is 35.5 Å². The highest BCUT2D eigenvalue weighted by atomic mass is 16.4. The van der Waals surface area contributed by atoms with E-state index in [0.717, 1.165) is 19.1 Å². The Morgan fingerprint density at radius 2 is 2.00 bits per heavy atom. The first-order chi connectivity index (χ1) is 6.24. The lowest BCUT2D eigenvalue weighted by atomic mass is 9.97. The molecule has 4 nitrogen and oxygen atoms in total. The first-order valence-electron chi connectivity index (χ1n) is 4.34. The van der Waals surface area contributed by atoms with Crippen LogP contribution in [0, 0.1) is 5.92 Å². The van der Waals surface area contributed by atoms with Crippen LogP contribution in [0.15, 0.2) is 12.2 Å². The largest absolute Gasteiger partial charge is 0.465 e. The number of piperidine rings is 1. The summed E-state index contributed by atoms with van der Waals surface area (Å²) in [5.41, 5.74) is 0. The van der Waals surface area contributed by atoms with Gasteiger partial charge in [-0.05, 0) is 24.8 Å². The van der Waals surface area contributed by atoms with Crippen LogP contribution in [0.2, 0.25) is 0 Å². The fourth-order valence-corrected chi connectivity index (χ4v) is 1.49. The number of amides is 1. The van der Waals surface area contributed by atoms with E-state index in [-0.39, 0.29) is 0 Å². The van der Waals surface area contributed by atoms with Gasteiger partial charge in [-0.15, -0.1) is 0 Å². The van der Waals surface area contributed by atoms with Crippen molar-refractivity contribution in [1.82, 2.24) is 4.90 Å². The van der Waals surface area contributed by atoms with Crippen LogP contribution in [0.5, 0.6) is 0 Å². The van der Waals surface area contributed by atoms with Crippen molar-refractivity contribution < 1.29 is 14.7 Å². The molecule has 1 N–H and O–H groups in total. The Hall–Kier alpha value is -1.32. The van der Waals surface area contributed by atoms with Gasteiger partial charge in [0.25, 0.3) is 0 Å². The average Bonchev–Trinajstić information content (AvgIpc) is 2.15. The van der Waals surface area contributed by atoms with E-state index < -0.39 is 6.09 Å². The third-order valence-corrected chi connectivity index (χ3v) is 2.27. The van der Waals surface area contributed by atoms with Crippen LogP contribution in [0.4, 0.5) is 4.79 Å². The Balaban J connectivity index is 2.34. The lowest BCUT2D eigenvalue weighted by molar-refractivity contribution is -0.104. The highest BCUT2D eigenvalue weighted by Gasteiger charge is 2.20. The quantitative estimate of drug-likeness (QED) is 0.515. The molecule has 1 heterocycles. The fraction of sp³-hybridized carbons (Fsp3) is 0.556. The van der Waals surface area contributed by atoms with E-state index in [9.17, 15) is 9.59 Å². The zero-order valence-electron chi connectivity index (χ0n) is 7.35. The highest BCUT2D eigenvalue weighted by Crippen LogP contribution is 2.17. The molecule has 0 saturated carbocycles. The minimum Gasteiger partial charge on any atom is -0.465 e. The predicted molar refractivity (Wildman–Crippen MR) is 47.5 cm³/mol. The summed E-state index contributed by atoms with van der Waals surface area (Å²) in [7, 11) is 0. The molecule has 72 valence electrons. The summed E-state index contributed by atoms with van der Waals surface area (Å²) < 4.78 is 0. The molecule has 4 heteroatoms. The van der Waals surface area contributed by atoms with Crippen molar-refractivity contribution in [3.63, 3.8) is 0 Å².